The maximum atomic E-state index is 5.38. The summed E-state index contributed by atoms with van der Waals surface area (Å²) in [5, 5.41) is 3.52. The van der Waals surface area contributed by atoms with Gasteiger partial charge < -0.3 is 10.1 Å². The molecular weight excluding hydrogens is 212 g/mol. The molecule has 0 aliphatic rings. The summed E-state index contributed by atoms with van der Waals surface area (Å²) < 4.78 is 5.38. The number of methoxy groups -OCH3 is 1. The van der Waals surface area contributed by atoms with Gasteiger partial charge in [-0.25, -0.2) is 0 Å². The van der Waals surface area contributed by atoms with E-state index < -0.39 is 0 Å². The molecule has 3 nitrogen and oxygen atoms in total. The zero-order chi connectivity index (χ0) is 12.7. The van der Waals surface area contributed by atoms with Gasteiger partial charge in [0.2, 0.25) is 0 Å². The maximum absolute atomic E-state index is 5.38. The van der Waals surface area contributed by atoms with Gasteiger partial charge in [0, 0.05) is 17.8 Å². The molecule has 1 aromatic rings. The molecule has 0 radical (unpaired) electrons. The van der Waals surface area contributed by atoms with Crippen molar-refractivity contribution < 1.29 is 4.74 Å². The fourth-order valence-electron chi connectivity index (χ4n) is 1.96. The van der Waals surface area contributed by atoms with Gasteiger partial charge in [-0.05, 0) is 31.4 Å². The summed E-state index contributed by atoms with van der Waals surface area (Å²) in [7, 11) is 1.70. The Balaban J connectivity index is 2.80. The van der Waals surface area contributed by atoms with E-state index in [1.54, 1.807) is 13.3 Å². The molecule has 1 N–H and O–H groups in total. The normalized spacial score (nSPS) is 12.8. The average molecular weight is 236 g/mol. The summed E-state index contributed by atoms with van der Waals surface area (Å²) in [6, 6.07) is 2.41. The lowest BCUT2D eigenvalue weighted by Crippen LogP contribution is -2.22. The van der Waals surface area contributed by atoms with Crippen LogP contribution in [0.2, 0.25) is 0 Å². The quantitative estimate of drug-likeness (QED) is 0.789. The minimum absolute atomic E-state index is 0.361. The second-order valence-corrected chi connectivity index (χ2v) is 4.70. The number of pyridine rings is 1. The summed E-state index contributed by atoms with van der Waals surface area (Å²) in [5.41, 5.74) is 1.21. The molecule has 0 aliphatic carbocycles. The lowest BCUT2D eigenvalue weighted by molar-refractivity contribution is 0.386. The predicted octanol–water partition coefficient (Wildman–Crippen LogP) is 3.18. The van der Waals surface area contributed by atoms with Crippen molar-refractivity contribution in [1.29, 1.82) is 0 Å². The largest absolute Gasteiger partial charge is 0.495 e. The molecule has 1 aromatic heterocycles. The van der Waals surface area contributed by atoms with Gasteiger partial charge in [0.25, 0.3) is 0 Å². The van der Waals surface area contributed by atoms with E-state index in [0.29, 0.717) is 6.04 Å². The Kier molecular flexibility index (Phi) is 5.98. The summed E-state index contributed by atoms with van der Waals surface area (Å²) in [4.78, 5) is 4.10. The standard InChI is InChI=1S/C14H24N2O/c1-5-16-13(7-6-11(2)3)12-8-9-15-10-14(12)17-4/h8-11,13,16H,5-7H2,1-4H3. The molecule has 3 heteroatoms. The molecule has 0 spiro atoms. The van der Waals surface area contributed by atoms with Gasteiger partial charge in [-0.1, -0.05) is 20.8 Å². The summed E-state index contributed by atoms with van der Waals surface area (Å²) in [6.45, 7) is 7.61. The van der Waals surface area contributed by atoms with Crippen LogP contribution in [-0.4, -0.2) is 18.6 Å². The Hall–Kier alpha value is -1.09. The Bertz CT molecular complexity index is 326. The topological polar surface area (TPSA) is 34.2 Å². The van der Waals surface area contributed by atoms with Gasteiger partial charge in [0.15, 0.2) is 0 Å². The molecule has 0 fully saturated rings. The lowest BCUT2D eigenvalue weighted by Gasteiger charge is -2.21. The maximum Gasteiger partial charge on any atom is 0.141 e. The van der Waals surface area contributed by atoms with Crippen LogP contribution in [-0.2, 0) is 0 Å². The van der Waals surface area contributed by atoms with Crippen LogP contribution >= 0.6 is 0 Å². The Labute approximate surface area is 105 Å². The van der Waals surface area contributed by atoms with Crippen molar-refractivity contribution in [3.63, 3.8) is 0 Å². The van der Waals surface area contributed by atoms with E-state index in [2.05, 4.69) is 31.1 Å². The molecule has 0 aromatic carbocycles. The van der Waals surface area contributed by atoms with Crippen LogP contribution in [0.4, 0.5) is 0 Å². The third kappa shape index (κ3) is 4.35. The van der Waals surface area contributed by atoms with Crippen molar-refractivity contribution >= 4 is 0 Å². The Morgan fingerprint density at radius 2 is 2.12 bits per heavy atom. The molecular formula is C14H24N2O. The zero-order valence-corrected chi connectivity index (χ0v) is 11.4. The number of ether oxygens (including phenoxy) is 1. The molecule has 1 atom stereocenters. The Morgan fingerprint density at radius 1 is 1.35 bits per heavy atom. The number of nitrogens with zero attached hydrogens (tertiary/aromatic N) is 1. The third-order valence-electron chi connectivity index (χ3n) is 2.90. The van der Waals surface area contributed by atoms with E-state index in [0.717, 1.165) is 24.6 Å². The smallest absolute Gasteiger partial charge is 0.141 e. The molecule has 0 saturated heterocycles. The molecule has 1 heterocycles. The monoisotopic (exact) mass is 236 g/mol. The average Bonchev–Trinajstić information content (AvgIpc) is 2.34. The van der Waals surface area contributed by atoms with Crippen LogP contribution < -0.4 is 10.1 Å². The summed E-state index contributed by atoms with van der Waals surface area (Å²) in [6.07, 6.45) is 5.96. The van der Waals surface area contributed by atoms with Crippen LogP contribution in [0.25, 0.3) is 0 Å². The van der Waals surface area contributed by atoms with E-state index in [-0.39, 0.29) is 0 Å². The summed E-state index contributed by atoms with van der Waals surface area (Å²) in [5.74, 6) is 1.60. The predicted molar refractivity (Wildman–Crippen MR) is 71.3 cm³/mol. The number of hydrogen-bond donors (Lipinski definition) is 1. The molecule has 0 bridgehead atoms. The molecule has 0 saturated carbocycles. The zero-order valence-electron chi connectivity index (χ0n) is 11.4. The number of nitrogens with one attached hydrogen (secondary N) is 1. The summed E-state index contributed by atoms with van der Waals surface area (Å²) >= 11 is 0. The Morgan fingerprint density at radius 3 is 2.71 bits per heavy atom. The fraction of sp³-hybridized carbons (Fsp3) is 0.643. The highest BCUT2D eigenvalue weighted by atomic mass is 16.5. The molecule has 0 aliphatic heterocycles. The first-order valence-electron chi connectivity index (χ1n) is 6.40. The molecule has 1 rings (SSSR count). The van der Waals surface area contributed by atoms with Crippen molar-refractivity contribution in [3.05, 3.63) is 24.0 Å². The minimum Gasteiger partial charge on any atom is -0.495 e. The van der Waals surface area contributed by atoms with Crippen LogP contribution in [0.1, 0.15) is 45.2 Å². The molecule has 1 unspecified atom stereocenters. The first kappa shape index (κ1) is 14.0. The van der Waals surface area contributed by atoms with Crippen molar-refractivity contribution in [3.8, 4) is 5.75 Å². The van der Waals surface area contributed by atoms with E-state index in [9.17, 15) is 0 Å². The highest BCUT2D eigenvalue weighted by Crippen LogP contribution is 2.28. The van der Waals surface area contributed by atoms with Crippen LogP contribution in [0.3, 0.4) is 0 Å². The fourth-order valence-corrected chi connectivity index (χ4v) is 1.96. The van der Waals surface area contributed by atoms with Gasteiger partial charge in [-0.2, -0.15) is 0 Å². The third-order valence-corrected chi connectivity index (χ3v) is 2.90. The minimum atomic E-state index is 0.361. The van der Waals surface area contributed by atoms with Gasteiger partial charge >= 0.3 is 0 Å². The highest BCUT2D eigenvalue weighted by molar-refractivity contribution is 5.32. The van der Waals surface area contributed by atoms with Gasteiger partial charge in [-0.15, -0.1) is 0 Å². The van der Waals surface area contributed by atoms with E-state index in [1.165, 1.54) is 12.0 Å². The van der Waals surface area contributed by atoms with Gasteiger partial charge in [-0.3, -0.25) is 4.98 Å². The van der Waals surface area contributed by atoms with Crippen molar-refractivity contribution in [2.24, 2.45) is 5.92 Å². The number of hydrogen-bond acceptors (Lipinski definition) is 3. The van der Waals surface area contributed by atoms with Crippen LogP contribution in [0.5, 0.6) is 5.75 Å². The second kappa shape index (κ2) is 7.28. The van der Waals surface area contributed by atoms with Crippen LogP contribution in [0.15, 0.2) is 18.5 Å². The SMILES string of the molecule is CCNC(CCC(C)C)c1ccncc1OC. The number of rotatable bonds is 7. The first-order valence-corrected chi connectivity index (χ1v) is 6.40. The van der Waals surface area contributed by atoms with E-state index >= 15 is 0 Å². The number of aromatic nitrogens is 1. The van der Waals surface area contributed by atoms with Gasteiger partial charge in [0.1, 0.15) is 5.75 Å². The second-order valence-electron chi connectivity index (χ2n) is 4.70. The van der Waals surface area contributed by atoms with Crippen molar-refractivity contribution in [2.45, 2.75) is 39.7 Å². The first-order chi connectivity index (χ1) is 8.19. The van der Waals surface area contributed by atoms with Crippen molar-refractivity contribution in [1.82, 2.24) is 10.3 Å². The van der Waals surface area contributed by atoms with Crippen LogP contribution in [0, 0.1) is 5.92 Å². The molecule has 17 heavy (non-hydrogen) atoms. The molecule has 0 amide bonds. The van der Waals surface area contributed by atoms with E-state index in [4.69, 9.17) is 4.74 Å². The van der Waals surface area contributed by atoms with E-state index in [1.807, 2.05) is 12.3 Å². The van der Waals surface area contributed by atoms with Crippen molar-refractivity contribution in [2.75, 3.05) is 13.7 Å². The molecule has 96 valence electrons. The highest BCUT2D eigenvalue weighted by Gasteiger charge is 2.15. The van der Waals surface area contributed by atoms with Gasteiger partial charge in [0.05, 0.1) is 13.3 Å². The lowest BCUT2D eigenvalue weighted by atomic mass is 9.97.